The summed E-state index contributed by atoms with van der Waals surface area (Å²) in [4.78, 5) is 0. The van der Waals surface area contributed by atoms with Crippen LogP contribution in [0.3, 0.4) is 0 Å². The first kappa shape index (κ1) is 17.9. The lowest BCUT2D eigenvalue weighted by Gasteiger charge is -2.11. The average Bonchev–Trinajstić information content (AvgIpc) is 2.38. The second-order valence-corrected chi connectivity index (χ2v) is 5.30. The molecule has 18 heavy (non-hydrogen) atoms. The summed E-state index contributed by atoms with van der Waals surface area (Å²) >= 11 is 0. The highest BCUT2D eigenvalue weighted by Gasteiger charge is 2.03. The summed E-state index contributed by atoms with van der Waals surface area (Å²) in [6.45, 7) is 5.14. The molecule has 0 aliphatic carbocycles. The number of aliphatic hydroxyl groups excluding tert-OH is 1. The smallest absolute Gasteiger partial charge is 0.154 e. The van der Waals surface area contributed by atoms with Gasteiger partial charge in [0.2, 0.25) is 0 Å². The molecule has 0 aliphatic rings. The van der Waals surface area contributed by atoms with E-state index >= 15 is 0 Å². The first-order chi connectivity index (χ1) is 8.81. The first-order valence-electron chi connectivity index (χ1n) is 8.11. The van der Waals surface area contributed by atoms with Gasteiger partial charge in [0, 0.05) is 6.61 Å². The number of hydrogen-bond donors (Lipinski definition) is 1. The average molecular weight is 258 g/mol. The standard InChI is InChI=1S/C16H34O2/c1-3-5-7-8-9-10-11-12-14-16(17)18-15-13-6-4-2/h16-17H,3-15H2,1-2H3. The Bertz CT molecular complexity index is 148. The van der Waals surface area contributed by atoms with Crippen molar-refractivity contribution in [2.45, 2.75) is 97.2 Å². The van der Waals surface area contributed by atoms with Crippen molar-refractivity contribution in [3.8, 4) is 0 Å². The SMILES string of the molecule is CCCCCCCCCCC(O)OCCCCC. The van der Waals surface area contributed by atoms with E-state index in [9.17, 15) is 5.11 Å². The maximum atomic E-state index is 9.60. The molecular weight excluding hydrogens is 224 g/mol. The van der Waals surface area contributed by atoms with Crippen molar-refractivity contribution in [2.24, 2.45) is 0 Å². The van der Waals surface area contributed by atoms with E-state index in [1.807, 2.05) is 0 Å². The van der Waals surface area contributed by atoms with Gasteiger partial charge in [-0.3, -0.25) is 0 Å². The van der Waals surface area contributed by atoms with Crippen LogP contribution in [-0.4, -0.2) is 18.0 Å². The van der Waals surface area contributed by atoms with Gasteiger partial charge in [0.25, 0.3) is 0 Å². The summed E-state index contributed by atoms with van der Waals surface area (Å²) < 4.78 is 5.36. The van der Waals surface area contributed by atoms with E-state index < -0.39 is 6.29 Å². The Labute approximate surface area is 114 Å². The predicted octanol–water partition coefficient (Wildman–Crippen LogP) is 5.04. The topological polar surface area (TPSA) is 29.5 Å². The molecule has 0 bridgehead atoms. The summed E-state index contributed by atoms with van der Waals surface area (Å²) in [5.74, 6) is 0. The predicted molar refractivity (Wildman–Crippen MR) is 78.7 cm³/mol. The maximum absolute atomic E-state index is 9.60. The third-order valence-electron chi connectivity index (χ3n) is 3.36. The lowest BCUT2D eigenvalue weighted by molar-refractivity contribution is -0.105. The van der Waals surface area contributed by atoms with Gasteiger partial charge in [-0.1, -0.05) is 71.6 Å². The van der Waals surface area contributed by atoms with Gasteiger partial charge in [0.1, 0.15) is 0 Å². The second-order valence-electron chi connectivity index (χ2n) is 5.30. The third-order valence-corrected chi connectivity index (χ3v) is 3.36. The minimum Gasteiger partial charge on any atom is -0.368 e. The lowest BCUT2D eigenvalue weighted by Crippen LogP contribution is -2.12. The fourth-order valence-electron chi connectivity index (χ4n) is 2.11. The van der Waals surface area contributed by atoms with E-state index in [0.717, 1.165) is 19.3 Å². The Balaban J connectivity index is 3.08. The monoisotopic (exact) mass is 258 g/mol. The van der Waals surface area contributed by atoms with Crippen molar-refractivity contribution >= 4 is 0 Å². The van der Waals surface area contributed by atoms with Crippen LogP contribution >= 0.6 is 0 Å². The molecule has 0 amide bonds. The minimum atomic E-state index is -0.526. The molecular formula is C16H34O2. The van der Waals surface area contributed by atoms with E-state index in [2.05, 4.69) is 13.8 Å². The summed E-state index contributed by atoms with van der Waals surface area (Å²) in [6, 6.07) is 0. The van der Waals surface area contributed by atoms with Gasteiger partial charge in [-0.15, -0.1) is 0 Å². The minimum absolute atomic E-state index is 0.526. The zero-order chi connectivity index (χ0) is 13.5. The summed E-state index contributed by atoms with van der Waals surface area (Å²) in [5.41, 5.74) is 0. The van der Waals surface area contributed by atoms with Gasteiger partial charge < -0.3 is 9.84 Å². The molecule has 2 nitrogen and oxygen atoms in total. The largest absolute Gasteiger partial charge is 0.368 e. The van der Waals surface area contributed by atoms with Crippen molar-refractivity contribution < 1.29 is 9.84 Å². The van der Waals surface area contributed by atoms with Crippen LogP contribution in [0.4, 0.5) is 0 Å². The number of aliphatic hydroxyl groups is 1. The summed E-state index contributed by atoms with van der Waals surface area (Å²) in [6.07, 6.45) is 14.2. The van der Waals surface area contributed by atoms with Crippen molar-refractivity contribution in [1.82, 2.24) is 0 Å². The van der Waals surface area contributed by atoms with Crippen molar-refractivity contribution in [3.05, 3.63) is 0 Å². The zero-order valence-corrected chi connectivity index (χ0v) is 12.6. The molecule has 0 radical (unpaired) electrons. The van der Waals surface area contributed by atoms with Gasteiger partial charge >= 0.3 is 0 Å². The Morgan fingerprint density at radius 2 is 1.22 bits per heavy atom. The number of unbranched alkanes of at least 4 members (excludes halogenated alkanes) is 9. The molecule has 0 saturated heterocycles. The molecule has 0 rings (SSSR count). The highest BCUT2D eigenvalue weighted by atomic mass is 16.6. The van der Waals surface area contributed by atoms with Crippen LogP contribution in [0.2, 0.25) is 0 Å². The van der Waals surface area contributed by atoms with Crippen molar-refractivity contribution in [3.63, 3.8) is 0 Å². The molecule has 110 valence electrons. The Morgan fingerprint density at radius 1 is 0.722 bits per heavy atom. The molecule has 0 heterocycles. The highest BCUT2D eigenvalue weighted by molar-refractivity contribution is 4.49. The molecule has 0 aromatic carbocycles. The molecule has 1 atom stereocenters. The van der Waals surface area contributed by atoms with Gasteiger partial charge in [0.15, 0.2) is 6.29 Å². The fourth-order valence-corrected chi connectivity index (χ4v) is 2.11. The van der Waals surface area contributed by atoms with Crippen LogP contribution < -0.4 is 0 Å². The molecule has 0 aromatic heterocycles. The van der Waals surface area contributed by atoms with Gasteiger partial charge in [-0.2, -0.15) is 0 Å². The zero-order valence-electron chi connectivity index (χ0n) is 12.6. The lowest BCUT2D eigenvalue weighted by atomic mass is 10.1. The van der Waals surface area contributed by atoms with Gasteiger partial charge in [-0.25, -0.2) is 0 Å². The molecule has 2 heteroatoms. The molecule has 0 aliphatic heterocycles. The van der Waals surface area contributed by atoms with Crippen LogP contribution in [0.1, 0.15) is 90.9 Å². The van der Waals surface area contributed by atoms with E-state index in [-0.39, 0.29) is 0 Å². The van der Waals surface area contributed by atoms with Crippen molar-refractivity contribution in [2.75, 3.05) is 6.61 Å². The quantitative estimate of drug-likeness (QED) is 0.349. The summed E-state index contributed by atoms with van der Waals surface area (Å²) in [5, 5.41) is 9.60. The summed E-state index contributed by atoms with van der Waals surface area (Å²) in [7, 11) is 0. The van der Waals surface area contributed by atoms with E-state index in [1.165, 1.54) is 57.8 Å². The Morgan fingerprint density at radius 3 is 1.83 bits per heavy atom. The second kappa shape index (κ2) is 15.0. The molecule has 1 unspecified atom stereocenters. The van der Waals surface area contributed by atoms with E-state index in [0.29, 0.717) is 6.61 Å². The van der Waals surface area contributed by atoms with E-state index in [4.69, 9.17) is 4.74 Å². The van der Waals surface area contributed by atoms with Gasteiger partial charge in [-0.05, 0) is 19.3 Å². The maximum Gasteiger partial charge on any atom is 0.154 e. The highest BCUT2D eigenvalue weighted by Crippen LogP contribution is 2.11. The number of hydrogen-bond acceptors (Lipinski definition) is 2. The first-order valence-corrected chi connectivity index (χ1v) is 8.11. The van der Waals surface area contributed by atoms with Gasteiger partial charge in [0.05, 0.1) is 0 Å². The molecule has 0 fully saturated rings. The normalized spacial score (nSPS) is 12.8. The Hall–Kier alpha value is -0.0800. The van der Waals surface area contributed by atoms with Crippen LogP contribution in [-0.2, 0) is 4.74 Å². The van der Waals surface area contributed by atoms with Crippen molar-refractivity contribution in [1.29, 1.82) is 0 Å². The van der Waals surface area contributed by atoms with Crippen LogP contribution in [0.25, 0.3) is 0 Å². The van der Waals surface area contributed by atoms with Crippen LogP contribution in [0.5, 0.6) is 0 Å². The molecule has 0 aromatic rings. The molecule has 0 spiro atoms. The molecule has 1 N–H and O–H groups in total. The Kier molecular flexibility index (Phi) is 14.9. The number of ether oxygens (including phenoxy) is 1. The van der Waals surface area contributed by atoms with E-state index in [1.54, 1.807) is 0 Å². The third kappa shape index (κ3) is 14.0. The number of rotatable bonds is 14. The van der Waals surface area contributed by atoms with Crippen LogP contribution in [0, 0.1) is 0 Å². The van der Waals surface area contributed by atoms with Crippen LogP contribution in [0.15, 0.2) is 0 Å². The fraction of sp³-hybridized carbons (Fsp3) is 1.00. The molecule has 0 saturated carbocycles.